The first-order valence-corrected chi connectivity index (χ1v) is 9.99. The molecule has 3 amide bonds. The monoisotopic (exact) mass is 426 g/mol. The molecule has 1 heterocycles. The van der Waals surface area contributed by atoms with Gasteiger partial charge in [0, 0.05) is 11.3 Å². The third kappa shape index (κ3) is 4.49. The molecule has 0 atom stereocenters. The number of benzene rings is 2. The number of aryl methyl sites for hydroxylation is 2. The van der Waals surface area contributed by atoms with Crippen LogP contribution in [0.4, 0.5) is 10.5 Å². The van der Waals surface area contributed by atoms with Crippen molar-refractivity contribution in [1.82, 2.24) is 4.90 Å². The van der Waals surface area contributed by atoms with E-state index in [0.717, 1.165) is 27.8 Å². The molecule has 0 radical (unpaired) electrons. The molecule has 0 bridgehead atoms. The second kappa shape index (κ2) is 9.04. The molecule has 0 unspecified atom stereocenters. The number of imide groups is 1. The molecule has 0 spiro atoms. The minimum Gasteiger partial charge on any atom is -0.493 e. The number of rotatable bonds is 6. The molecule has 3 rings (SSSR count). The predicted molar refractivity (Wildman–Crippen MR) is 117 cm³/mol. The molecule has 8 heteroatoms. The second-order valence-corrected chi connectivity index (χ2v) is 7.71. The fraction of sp³-hybridized carbons (Fsp3) is 0.227. The number of carbonyl (C=O) groups excluding carboxylic acids is 3. The number of nitrogens with one attached hydrogen (secondary N) is 1. The van der Waals surface area contributed by atoms with Gasteiger partial charge in [-0.3, -0.25) is 19.3 Å². The Bertz CT molecular complexity index is 1050. The SMILES string of the molecule is COc1cccc(/C=C2/SC(=O)N(CC(=O)Nc3ccc(C)cc3C)C2=O)c1OC. The number of thioether (sulfide) groups is 1. The normalized spacial score (nSPS) is 14.9. The fourth-order valence-electron chi connectivity index (χ4n) is 3.09. The maximum atomic E-state index is 12.7. The first kappa shape index (κ1) is 21.4. The maximum Gasteiger partial charge on any atom is 0.294 e. The van der Waals surface area contributed by atoms with E-state index in [1.165, 1.54) is 14.2 Å². The molecule has 0 aromatic heterocycles. The lowest BCUT2D eigenvalue weighted by atomic mass is 10.1. The molecule has 1 aliphatic rings. The summed E-state index contributed by atoms with van der Waals surface area (Å²) < 4.78 is 10.6. The summed E-state index contributed by atoms with van der Waals surface area (Å²) in [6.07, 6.45) is 1.56. The highest BCUT2D eigenvalue weighted by atomic mass is 32.2. The van der Waals surface area contributed by atoms with Crippen molar-refractivity contribution in [3.63, 3.8) is 0 Å². The van der Waals surface area contributed by atoms with E-state index in [2.05, 4.69) is 5.32 Å². The van der Waals surface area contributed by atoms with Gasteiger partial charge in [0.05, 0.1) is 19.1 Å². The van der Waals surface area contributed by atoms with Gasteiger partial charge in [0.1, 0.15) is 6.54 Å². The van der Waals surface area contributed by atoms with Gasteiger partial charge in [-0.2, -0.15) is 0 Å². The molecule has 0 aliphatic carbocycles. The minimum atomic E-state index is -0.523. The lowest BCUT2D eigenvalue weighted by molar-refractivity contribution is -0.127. The van der Waals surface area contributed by atoms with E-state index in [1.807, 2.05) is 26.0 Å². The standard InChI is InChI=1S/C22H22N2O5S/c1-13-8-9-16(14(2)10-13)23-19(25)12-24-21(26)18(30-22(24)27)11-15-6-5-7-17(28-3)20(15)29-4/h5-11H,12H2,1-4H3,(H,23,25)/b18-11+. The van der Waals surface area contributed by atoms with Gasteiger partial charge in [-0.25, -0.2) is 0 Å². The summed E-state index contributed by atoms with van der Waals surface area (Å²) in [6.45, 7) is 3.49. The minimum absolute atomic E-state index is 0.214. The Morgan fingerprint density at radius 3 is 2.57 bits per heavy atom. The quantitative estimate of drug-likeness (QED) is 0.703. The Hall–Kier alpha value is -3.26. The van der Waals surface area contributed by atoms with Crippen LogP contribution in [0.1, 0.15) is 16.7 Å². The average Bonchev–Trinajstić information content (AvgIpc) is 2.97. The van der Waals surface area contributed by atoms with Crippen LogP contribution in [0.15, 0.2) is 41.3 Å². The molecule has 1 N–H and O–H groups in total. The molecule has 7 nitrogen and oxygen atoms in total. The fourth-order valence-corrected chi connectivity index (χ4v) is 3.92. The summed E-state index contributed by atoms with van der Waals surface area (Å²) >= 11 is 0.785. The van der Waals surface area contributed by atoms with Gasteiger partial charge in [-0.15, -0.1) is 0 Å². The lowest BCUT2D eigenvalue weighted by Gasteiger charge is -2.14. The summed E-state index contributed by atoms with van der Waals surface area (Å²) in [5, 5.41) is 2.26. The van der Waals surface area contributed by atoms with Crippen LogP contribution < -0.4 is 14.8 Å². The van der Waals surface area contributed by atoms with E-state index in [4.69, 9.17) is 9.47 Å². The van der Waals surface area contributed by atoms with Crippen molar-refractivity contribution < 1.29 is 23.9 Å². The molecule has 2 aromatic rings. The van der Waals surface area contributed by atoms with Crippen molar-refractivity contribution in [2.24, 2.45) is 0 Å². The highest BCUT2D eigenvalue weighted by Gasteiger charge is 2.36. The number of para-hydroxylation sites is 1. The van der Waals surface area contributed by atoms with Gasteiger partial charge in [0.25, 0.3) is 11.1 Å². The summed E-state index contributed by atoms with van der Waals surface area (Å²) in [5.74, 6) is 0.00725. The molecule has 1 fully saturated rings. The van der Waals surface area contributed by atoms with Gasteiger partial charge >= 0.3 is 0 Å². The van der Waals surface area contributed by atoms with Crippen LogP contribution in [0.25, 0.3) is 6.08 Å². The third-order valence-electron chi connectivity index (χ3n) is 4.55. The first-order valence-electron chi connectivity index (χ1n) is 9.17. The summed E-state index contributed by atoms with van der Waals surface area (Å²) in [7, 11) is 3.02. The summed E-state index contributed by atoms with van der Waals surface area (Å²) in [4.78, 5) is 38.7. The van der Waals surface area contributed by atoms with Crippen molar-refractivity contribution >= 4 is 40.6 Å². The van der Waals surface area contributed by atoms with Crippen LogP contribution >= 0.6 is 11.8 Å². The highest BCUT2D eigenvalue weighted by Crippen LogP contribution is 2.37. The number of methoxy groups -OCH3 is 2. The zero-order valence-electron chi connectivity index (χ0n) is 17.1. The maximum absolute atomic E-state index is 12.7. The van der Waals surface area contributed by atoms with Crippen LogP contribution in [-0.4, -0.2) is 42.7 Å². The molecular formula is C22H22N2O5S. The number of nitrogens with zero attached hydrogens (tertiary/aromatic N) is 1. The van der Waals surface area contributed by atoms with Gasteiger partial charge in [-0.05, 0) is 49.4 Å². The number of carbonyl (C=O) groups is 3. The van der Waals surface area contributed by atoms with Gasteiger partial charge in [0.15, 0.2) is 11.5 Å². The largest absolute Gasteiger partial charge is 0.493 e. The Kier molecular flexibility index (Phi) is 6.47. The number of ether oxygens (including phenoxy) is 2. The average molecular weight is 426 g/mol. The van der Waals surface area contributed by atoms with Crippen molar-refractivity contribution in [2.75, 3.05) is 26.1 Å². The first-order chi connectivity index (χ1) is 14.3. The lowest BCUT2D eigenvalue weighted by Crippen LogP contribution is -2.36. The van der Waals surface area contributed by atoms with Crippen molar-refractivity contribution in [1.29, 1.82) is 0 Å². The van der Waals surface area contributed by atoms with Crippen molar-refractivity contribution in [2.45, 2.75) is 13.8 Å². The van der Waals surface area contributed by atoms with E-state index >= 15 is 0 Å². The van der Waals surface area contributed by atoms with E-state index in [0.29, 0.717) is 22.7 Å². The van der Waals surface area contributed by atoms with E-state index < -0.39 is 17.1 Å². The van der Waals surface area contributed by atoms with E-state index in [1.54, 1.807) is 30.3 Å². The smallest absolute Gasteiger partial charge is 0.294 e. The van der Waals surface area contributed by atoms with Crippen LogP contribution in [0.2, 0.25) is 0 Å². The summed E-state index contributed by atoms with van der Waals surface area (Å²) in [5.41, 5.74) is 3.23. The topological polar surface area (TPSA) is 84.9 Å². The number of amides is 3. The van der Waals surface area contributed by atoms with E-state index in [9.17, 15) is 14.4 Å². The number of hydrogen-bond donors (Lipinski definition) is 1. The van der Waals surface area contributed by atoms with Gasteiger partial charge in [-0.1, -0.05) is 29.8 Å². The molecule has 1 saturated heterocycles. The molecule has 1 aliphatic heterocycles. The molecule has 2 aromatic carbocycles. The Morgan fingerprint density at radius 2 is 1.90 bits per heavy atom. The van der Waals surface area contributed by atoms with E-state index in [-0.39, 0.29) is 11.4 Å². The van der Waals surface area contributed by atoms with Crippen LogP contribution in [0.5, 0.6) is 11.5 Å². The van der Waals surface area contributed by atoms with Gasteiger partial charge in [0.2, 0.25) is 5.91 Å². The molecule has 0 saturated carbocycles. The van der Waals surface area contributed by atoms with Crippen molar-refractivity contribution in [3.8, 4) is 11.5 Å². The summed E-state index contributed by atoms with van der Waals surface area (Å²) in [6, 6.07) is 10.9. The Morgan fingerprint density at radius 1 is 1.13 bits per heavy atom. The van der Waals surface area contributed by atoms with Crippen LogP contribution in [0, 0.1) is 13.8 Å². The zero-order chi connectivity index (χ0) is 21.8. The molecule has 30 heavy (non-hydrogen) atoms. The second-order valence-electron chi connectivity index (χ2n) is 6.72. The number of anilines is 1. The predicted octanol–water partition coefficient (Wildman–Crippen LogP) is 4.00. The molecule has 156 valence electrons. The number of hydrogen-bond acceptors (Lipinski definition) is 6. The van der Waals surface area contributed by atoms with Crippen LogP contribution in [0.3, 0.4) is 0 Å². The van der Waals surface area contributed by atoms with Gasteiger partial charge < -0.3 is 14.8 Å². The van der Waals surface area contributed by atoms with Crippen LogP contribution in [-0.2, 0) is 9.59 Å². The highest BCUT2D eigenvalue weighted by molar-refractivity contribution is 8.18. The Balaban J connectivity index is 1.76. The zero-order valence-corrected chi connectivity index (χ0v) is 18.0. The third-order valence-corrected chi connectivity index (χ3v) is 5.46. The molecular weight excluding hydrogens is 404 g/mol. The van der Waals surface area contributed by atoms with Crippen molar-refractivity contribution in [3.05, 3.63) is 58.0 Å². The Labute approximate surface area is 179 Å².